The Kier molecular flexibility index (Phi) is 5.85. The molecule has 0 saturated carbocycles. The quantitative estimate of drug-likeness (QED) is 0.575. The molecular weight excluding hydrogens is 225 g/mol. The first kappa shape index (κ1) is 14.7. The number of carbonyl (C=O) groups excluding carboxylic acids is 1. The largest absolute Gasteiger partial charge is 0.340 e. The summed E-state index contributed by atoms with van der Waals surface area (Å²) < 4.78 is 0. The van der Waals surface area contributed by atoms with Crippen LogP contribution in [0.2, 0.25) is 0 Å². The van der Waals surface area contributed by atoms with Crippen LogP contribution >= 0.6 is 0 Å². The monoisotopic (exact) mass is 245 g/mol. The van der Waals surface area contributed by atoms with Crippen LogP contribution in [0.1, 0.15) is 24.2 Å². The van der Waals surface area contributed by atoms with Crippen LogP contribution in [0, 0.1) is 5.92 Å². The molecule has 0 bridgehead atoms. The van der Waals surface area contributed by atoms with Gasteiger partial charge in [0.25, 0.3) is 5.91 Å². The Labute approximate surface area is 110 Å². The van der Waals surface area contributed by atoms with Crippen LogP contribution in [0.15, 0.2) is 18.3 Å². The number of nitrogens with one attached hydrogen (secondary N) is 1. The zero-order chi connectivity index (χ0) is 13.5. The zero-order valence-electron chi connectivity index (χ0n) is 11.3. The summed E-state index contributed by atoms with van der Waals surface area (Å²) in [6.07, 6.45) is 1.51. The van der Waals surface area contributed by atoms with Crippen LogP contribution in [0.5, 0.6) is 0 Å². The minimum absolute atomic E-state index is 0.0335. The number of rotatable bonds is 6. The Morgan fingerprint density at radius 1 is 1.50 bits per heavy atom. The van der Waals surface area contributed by atoms with Crippen molar-refractivity contribution in [1.29, 1.82) is 0 Å². The average molecular weight is 245 g/mol. The molecule has 1 rings (SSSR count). The van der Waals surface area contributed by atoms with E-state index in [1.807, 2.05) is 0 Å². The number of amides is 1. The summed E-state index contributed by atoms with van der Waals surface area (Å²) in [5.41, 5.74) is 0.989. The molecule has 0 aliphatic heterocycles. The molecule has 0 fully saturated rings. The Bertz CT molecular complexity index is 378. The first-order chi connectivity index (χ1) is 8.50. The molecule has 96 valence electrons. The van der Waals surface area contributed by atoms with Gasteiger partial charge in [-0.2, -0.15) is 0 Å². The molecule has 0 aromatic carbocycles. The minimum atomic E-state index is -0.0335. The molecule has 1 amide bonds. The number of hydrogen-bond donors (Lipinski definition) is 1. The molecule has 0 aliphatic carbocycles. The highest BCUT2D eigenvalue weighted by molar-refractivity contribution is 6.30. The van der Waals surface area contributed by atoms with Gasteiger partial charge in [0.2, 0.25) is 0 Å². The Hall–Kier alpha value is -1.36. The normalized spacial score (nSPS) is 10.7. The van der Waals surface area contributed by atoms with Crippen molar-refractivity contribution >= 4 is 19.3 Å². The lowest BCUT2D eigenvalue weighted by molar-refractivity contribution is 0.0795. The number of nitrogens with zero attached hydrogens (tertiary/aromatic N) is 2. The molecule has 5 heteroatoms. The standard InChI is InChI=1S/C13H20BN3O/c1-10(2)8-15-6-7-17(3)13(18)11-4-5-12(14)16-9-11/h4-5,9-10,15H,6-8H2,1-3H3. The summed E-state index contributed by atoms with van der Waals surface area (Å²) in [7, 11) is 7.27. The maximum absolute atomic E-state index is 12.0. The minimum Gasteiger partial charge on any atom is -0.340 e. The van der Waals surface area contributed by atoms with Crippen LogP contribution in [0.4, 0.5) is 0 Å². The van der Waals surface area contributed by atoms with Gasteiger partial charge in [-0.1, -0.05) is 19.9 Å². The van der Waals surface area contributed by atoms with E-state index in [0.717, 1.165) is 13.1 Å². The fourth-order valence-electron chi connectivity index (χ4n) is 1.49. The van der Waals surface area contributed by atoms with Gasteiger partial charge in [-0.25, -0.2) is 0 Å². The first-order valence-electron chi connectivity index (χ1n) is 6.18. The summed E-state index contributed by atoms with van der Waals surface area (Å²) >= 11 is 0. The third-order valence-electron chi connectivity index (χ3n) is 2.56. The van der Waals surface area contributed by atoms with Crippen LogP contribution in [-0.4, -0.2) is 50.3 Å². The summed E-state index contributed by atoms with van der Waals surface area (Å²) in [5, 5.41) is 3.30. The molecule has 2 radical (unpaired) electrons. The second kappa shape index (κ2) is 7.16. The van der Waals surface area contributed by atoms with Crippen molar-refractivity contribution in [2.75, 3.05) is 26.7 Å². The summed E-state index contributed by atoms with van der Waals surface area (Å²) in [6, 6.07) is 3.33. The summed E-state index contributed by atoms with van der Waals surface area (Å²) in [5.74, 6) is 0.584. The van der Waals surface area contributed by atoms with E-state index in [4.69, 9.17) is 7.85 Å². The number of hydrogen-bond acceptors (Lipinski definition) is 3. The van der Waals surface area contributed by atoms with Gasteiger partial charge in [0.15, 0.2) is 0 Å². The summed E-state index contributed by atoms with van der Waals surface area (Å²) in [6.45, 7) is 6.74. The van der Waals surface area contributed by atoms with E-state index in [9.17, 15) is 4.79 Å². The number of aromatic nitrogens is 1. The Balaban J connectivity index is 2.39. The van der Waals surface area contributed by atoms with Crippen molar-refractivity contribution < 1.29 is 4.79 Å². The predicted molar refractivity (Wildman–Crippen MR) is 74.3 cm³/mol. The van der Waals surface area contributed by atoms with E-state index in [1.165, 1.54) is 6.20 Å². The predicted octanol–water partition coefficient (Wildman–Crippen LogP) is 0.193. The van der Waals surface area contributed by atoms with E-state index >= 15 is 0 Å². The molecule has 0 unspecified atom stereocenters. The molecule has 0 atom stereocenters. The van der Waals surface area contributed by atoms with Gasteiger partial charge in [0, 0.05) is 26.3 Å². The summed E-state index contributed by atoms with van der Waals surface area (Å²) in [4.78, 5) is 17.6. The molecule has 1 N–H and O–H groups in total. The highest BCUT2D eigenvalue weighted by Crippen LogP contribution is 1.99. The topological polar surface area (TPSA) is 45.2 Å². The van der Waals surface area contributed by atoms with Crippen LogP contribution in [-0.2, 0) is 0 Å². The van der Waals surface area contributed by atoms with Gasteiger partial charge >= 0.3 is 0 Å². The lowest BCUT2D eigenvalue weighted by Gasteiger charge is -2.18. The van der Waals surface area contributed by atoms with Crippen LogP contribution in [0.25, 0.3) is 0 Å². The Morgan fingerprint density at radius 3 is 2.78 bits per heavy atom. The lowest BCUT2D eigenvalue weighted by atomic mass is 10.0. The lowest BCUT2D eigenvalue weighted by Crippen LogP contribution is -2.35. The third kappa shape index (κ3) is 4.88. The second-order valence-electron chi connectivity index (χ2n) is 4.80. The van der Waals surface area contributed by atoms with E-state index < -0.39 is 0 Å². The molecule has 1 heterocycles. The SMILES string of the molecule is [B]c1ccc(C(=O)N(C)CCNCC(C)C)cn1. The molecule has 0 saturated heterocycles. The number of carbonyl (C=O) groups is 1. The molecule has 1 aromatic rings. The van der Waals surface area contributed by atoms with E-state index in [1.54, 1.807) is 24.1 Å². The maximum Gasteiger partial charge on any atom is 0.255 e. The number of likely N-dealkylation sites (N-methyl/N-ethyl adjacent to an activating group) is 1. The zero-order valence-corrected chi connectivity index (χ0v) is 11.3. The van der Waals surface area contributed by atoms with Crippen LogP contribution < -0.4 is 10.9 Å². The molecule has 0 spiro atoms. The van der Waals surface area contributed by atoms with Crippen molar-refractivity contribution in [3.05, 3.63) is 23.9 Å². The van der Waals surface area contributed by atoms with E-state index in [-0.39, 0.29) is 5.91 Å². The van der Waals surface area contributed by atoms with Crippen LogP contribution in [0.3, 0.4) is 0 Å². The van der Waals surface area contributed by atoms with Crippen molar-refractivity contribution in [3.63, 3.8) is 0 Å². The van der Waals surface area contributed by atoms with Gasteiger partial charge in [-0.15, -0.1) is 0 Å². The van der Waals surface area contributed by atoms with Crippen molar-refractivity contribution in [1.82, 2.24) is 15.2 Å². The molecule has 4 nitrogen and oxygen atoms in total. The molecular formula is C13H20BN3O. The highest BCUT2D eigenvalue weighted by atomic mass is 16.2. The van der Waals surface area contributed by atoms with Crippen molar-refractivity contribution in [2.24, 2.45) is 5.92 Å². The first-order valence-corrected chi connectivity index (χ1v) is 6.18. The van der Waals surface area contributed by atoms with Gasteiger partial charge in [-0.3, -0.25) is 9.78 Å². The van der Waals surface area contributed by atoms with Gasteiger partial charge in [-0.05, 0) is 24.1 Å². The second-order valence-corrected chi connectivity index (χ2v) is 4.80. The molecule has 0 aliphatic rings. The van der Waals surface area contributed by atoms with E-state index in [0.29, 0.717) is 23.6 Å². The van der Waals surface area contributed by atoms with Gasteiger partial charge in [0.05, 0.1) is 5.56 Å². The van der Waals surface area contributed by atoms with Gasteiger partial charge < -0.3 is 10.2 Å². The van der Waals surface area contributed by atoms with Gasteiger partial charge in [0.1, 0.15) is 7.85 Å². The maximum atomic E-state index is 12.0. The number of pyridine rings is 1. The van der Waals surface area contributed by atoms with Crippen molar-refractivity contribution in [2.45, 2.75) is 13.8 Å². The third-order valence-corrected chi connectivity index (χ3v) is 2.56. The fourth-order valence-corrected chi connectivity index (χ4v) is 1.49. The Morgan fingerprint density at radius 2 is 2.22 bits per heavy atom. The van der Waals surface area contributed by atoms with E-state index in [2.05, 4.69) is 24.1 Å². The fraction of sp³-hybridized carbons (Fsp3) is 0.538. The highest BCUT2D eigenvalue weighted by Gasteiger charge is 2.11. The molecule has 1 aromatic heterocycles. The smallest absolute Gasteiger partial charge is 0.255 e. The van der Waals surface area contributed by atoms with Crippen molar-refractivity contribution in [3.8, 4) is 0 Å². The molecule has 18 heavy (non-hydrogen) atoms. The average Bonchev–Trinajstić information content (AvgIpc) is 2.34.